The fraction of sp³-hybridized carbons (Fsp3) is 0.588. The van der Waals surface area contributed by atoms with Crippen LogP contribution >= 0.6 is 0 Å². The number of hydrogen-bond acceptors (Lipinski definition) is 4. The molecule has 0 aliphatic carbocycles. The van der Waals surface area contributed by atoms with Crippen molar-refractivity contribution in [2.75, 3.05) is 26.2 Å². The summed E-state index contributed by atoms with van der Waals surface area (Å²) in [5.41, 5.74) is 0.613. The molecule has 1 heterocycles. The molecule has 1 aromatic rings. The lowest BCUT2D eigenvalue weighted by molar-refractivity contribution is 0.0548. The Labute approximate surface area is 127 Å². The Balaban J connectivity index is 1.69. The molecule has 114 valence electrons. The van der Waals surface area contributed by atoms with Crippen LogP contribution < -0.4 is 4.74 Å². The van der Waals surface area contributed by atoms with Crippen LogP contribution in [-0.2, 0) is 0 Å². The van der Waals surface area contributed by atoms with E-state index in [9.17, 15) is 5.11 Å². The van der Waals surface area contributed by atoms with E-state index in [2.05, 4.69) is 17.9 Å². The minimum Gasteiger partial charge on any atom is -0.491 e. The molecule has 1 aliphatic heterocycles. The summed E-state index contributed by atoms with van der Waals surface area (Å²) in [6.07, 6.45) is 3.26. The van der Waals surface area contributed by atoms with E-state index in [1.165, 1.54) is 19.3 Å². The monoisotopic (exact) mass is 288 g/mol. The molecule has 1 unspecified atom stereocenters. The first kappa shape index (κ1) is 15.8. The second-order valence-electron chi connectivity index (χ2n) is 5.75. The summed E-state index contributed by atoms with van der Waals surface area (Å²) >= 11 is 0. The number of ether oxygens (including phenoxy) is 1. The Hall–Kier alpha value is -1.57. The Kier molecular flexibility index (Phi) is 6.04. The maximum absolute atomic E-state index is 10.1. The molecule has 0 spiro atoms. The number of nitriles is 1. The van der Waals surface area contributed by atoms with Gasteiger partial charge in [0.05, 0.1) is 11.6 Å². The van der Waals surface area contributed by atoms with E-state index in [0.717, 1.165) is 19.0 Å². The lowest BCUT2D eigenvalue weighted by Crippen LogP contribution is -2.40. The van der Waals surface area contributed by atoms with E-state index < -0.39 is 6.10 Å². The summed E-state index contributed by atoms with van der Waals surface area (Å²) in [6.45, 7) is 5.37. The smallest absolute Gasteiger partial charge is 0.119 e. The van der Waals surface area contributed by atoms with Gasteiger partial charge >= 0.3 is 0 Å². The highest BCUT2D eigenvalue weighted by Crippen LogP contribution is 2.20. The normalized spacial score (nSPS) is 18.1. The van der Waals surface area contributed by atoms with Crippen molar-refractivity contribution in [2.24, 2.45) is 5.92 Å². The average Bonchev–Trinajstić information content (AvgIpc) is 2.54. The van der Waals surface area contributed by atoms with E-state index in [1.807, 2.05) is 0 Å². The van der Waals surface area contributed by atoms with Crippen molar-refractivity contribution in [3.8, 4) is 11.8 Å². The van der Waals surface area contributed by atoms with Crippen molar-refractivity contribution < 1.29 is 9.84 Å². The Morgan fingerprint density at radius 1 is 1.33 bits per heavy atom. The van der Waals surface area contributed by atoms with Gasteiger partial charge in [-0.25, -0.2) is 0 Å². The number of β-amino-alcohol motifs (C(OH)–C–C–N with tert-alkyl or cyclic N) is 1. The minimum atomic E-state index is -0.473. The SMILES string of the molecule is CCC1CCN(CC(O)COc2ccc(C#N)cc2)CC1. The maximum Gasteiger partial charge on any atom is 0.119 e. The number of piperidine rings is 1. The molecule has 0 amide bonds. The topological polar surface area (TPSA) is 56.5 Å². The van der Waals surface area contributed by atoms with Crippen molar-refractivity contribution in [2.45, 2.75) is 32.3 Å². The molecule has 1 saturated heterocycles. The number of nitrogens with zero attached hydrogens (tertiary/aromatic N) is 2. The van der Waals surface area contributed by atoms with Crippen molar-refractivity contribution in [3.05, 3.63) is 29.8 Å². The first-order valence-electron chi connectivity index (χ1n) is 7.74. The molecule has 0 aromatic heterocycles. The van der Waals surface area contributed by atoms with Gasteiger partial charge in [0.1, 0.15) is 18.5 Å². The molecule has 1 atom stereocenters. The number of aliphatic hydroxyl groups is 1. The standard InChI is InChI=1S/C17H24N2O2/c1-2-14-7-9-19(10-8-14)12-16(20)13-21-17-5-3-15(11-18)4-6-17/h3-6,14,16,20H,2,7-10,12-13H2,1H3. The molecule has 1 fully saturated rings. The lowest BCUT2D eigenvalue weighted by Gasteiger charge is -2.32. The summed E-state index contributed by atoms with van der Waals surface area (Å²) in [4.78, 5) is 2.32. The fourth-order valence-electron chi connectivity index (χ4n) is 2.75. The third-order valence-corrected chi connectivity index (χ3v) is 4.18. The van der Waals surface area contributed by atoms with E-state index in [0.29, 0.717) is 24.5 Å². The van der Waals surface area contributed by atoms with Gasteiger partial charge in [-0.3, -0.25) is 0 Å². The zero-order valence-corrected chi connectivity index (χ0v) is 12.7. The summed E-state index contributed by atoms with van der Waals surface area (Å²) in [7, 11) is 0. The van der Waals surface area contributed by atoms with Crippen molar-refractivity contribution in [3.63, 3.8) is 0 Å². The summed E-state index contributed by atoms with van der Waals surface area (Å²) in [5, 5.41) is 18.8. The van der Waals surface area contributed by atoms with E-state index >= 15 is 0 Å². The molecule has 0 bridgehead atoms. The minimum absolute atomic E-state index is 0.291. The Morgan fingerprint density at radius 3 is 2.57 bits per heavy atom. The van der Waals surface area contributed by atoms with E-state index in [4.69, 9.17) is 10.00 Å². The van der Waals surface area contributed by atoms with Crippen LogP contribution in [0.2, 0.25) is 0 Å². The molecule has 1 aliphatic rings. The second-order valence-corrected chi connectivity index (χ2v) is 5.75. The first-order chi connectivity index (χ1) is 10.2. The van der Waals surface area contributed by atoms with Gasteiger partial charge in [0.25, 0.3) is 0 Å². The zero-order chi connectivity index (χ0) is 15.1. The van der Waals surface area contributed by atoms with Gasteiger partial charge in [0.2, 0.25) is 0 Å². The largest absolute Gasteiger partial charge is 0.491 e. The zero-order valence-electron chi connectivity index (χ0n) is 12.7. The Bertz CT molecular complexity index is 459. The van der Waals surface area contributed by atoms with Gasteiger partial charge in [-0.1, -0.05) is 13.3 Å². The molecule has 21 heavy (non-hydrogen) atoms. The van der Waals surface area contributed by atoms with Crippen LogP contribution in [0.4, 0.5) is 0 Å². The predicted octanol–water partition coefficient (Wildman–Crippen LogP) is 2.42. The molecular formula is C17H24N2O2. The number of aliphatic hydroxyl groups excluding tert-OH is 1. The summed E-state index contributed by atoms with van der Waals surface area (Å²) < 4.78 is 5.57. The van der Waals surface area contributed by atoms with Crippen molar-refractivity contribution in [1.29, 1.82) is 5.26 Å². The summed E-state index contributed by atoms with van der Waals surface area (Å²) in [5.74, 6) is 1.55. The maximum atomic E-state index is 10.1. The predicted molar refractivity (Wildman–Crippen MR) is 82.1 cm³/mol. The number of hydrogen-bond donors (Lipinski definition) is 1. The number of likely N-dealkylation sites (tertiary alicyclic amines) is 1. The van der Waals surface area contributed by atoms with Crippen LogP contribution in [0.5, 0.6) is 5.75 Å². The Morgan fingerprint density at radius 2 is 2.00 bits per heavy atom. The highest BCUT2D eigenvalue weighted by Gasteiger charge is 2.19. The van der Waals surface area contributed by atoms with E-state index in [-0.39, 0.29) is 0 Å². The van der Waals surface area contributed by atoms with Crippen molar-refractivity contribution in [1.82, 2.24) is 4.90 Å². The van der Waals surface area contributed by atoms with Gasteiger partial charge in [0, 0.05) is 6.54 Å². The number of rotatable bonds is 6. The lowest BCUT2D eigenvalue weighted by atomic mass is 9.94. The van der Waals surface area contributed by atoms with Crippen LogP contribution in [0.25, 0.3) is 0 Å². The molecule has 2 rings (SSSR count). The van der Waals surface area contributed by atoms with Gasteiger partial charge in [-0.15, -0.1) is 0 Å². The average molecular weight is 288 g/mol. The molecule has 1 N–H and O–H groups in total. The molecule has 4 heteroatoms. The second kappa shape index (κ2) is 8.02. The quantitative estimate of drug-likeness (QED) is 0.873. The summed E-state index contributed by atoms with van der Waals surface area (Å²) in [6, 6.07) is 9.03. The fourth-order valence-corrected chi connectivity index (χ4v) is 2.75. The van der Waals surface area contributed by atoms with Crippen LogP contribution in [0.1, 0.15) is 31.7 Å². The van der Waals surface area contributed by atoms with Crippen molar-refractivity contribution >= 4 is 0 Å². The van der Waals surface area contributed by atoms with Gasteiger partial charge in [-0.2, -0.15) is 5.26 Å². The first-order valence-corrected chi connectivity index (χ1v) is 7.74. The molecule has 0 saturated carbocycles. The third-order valence-electron chi connectivity index (χ3n) is 4.18. The van der Waals surface area contributed by atoms with E-state index in [1.54, 1.807) is 24.3 Å². The van der Waals surface area contributed by atoms with Crippen LogP contribution in [-0.4, -0.2) is 42.4 Å². The number of benzene rings is 1. The highest BCUT2D eigenvalue weighted by atomic mass is 16.5. The molecular weight excluding hydrogens is 264 g/mol. The van der Waals surface area contributed by atoms with Crippen LogP contribution in [0, 0.1) is 17.2 Å². The van der Waals surface area contributed by atoms with Crippen LogP contribution in [0.3, 0.4) is 0 Å². The highest BCUT2D eigenvalue weighted by molar-refractivity contribution is 5.34. The molecule has 1 aromatic carbocycles. The third kappa shape index (κ3) is 5.04. The molecule has 4 nitrogen and oxygen atoms in total. The molecule has 0 radical (unpaired) electrons. The van der Waals surface area contributed by atoms with Gasteiger partial charge in [0.15, 0.2) is 0 Å². The van der Waals surface area contributed by atoms with Gasteiger partial charge < -0.3 is 14.7 Å². The van der Waals surface area contributed by atoms with Crippen LogP contribution in [0.15, 0.2) is 24.3 Å². The van der Waals surface area contributed by atoms with Gasteiger partial charge in [-0.05, 0) is 56.1 Å².